The van der Waals surface area contributed by atoms with E-state index in [0.717, 1.165) is 19.5 Å². The molecule has 4 rings (SSSR count). The standard InChI is InChI=1S/C22H31BN3/c1-6-21(3)22(4,7-2)25-14-13-19(18-11-9-8-10-12-18)17-20(25)26-16-15-24(5)23(21)26/h8-14,17H,6-7,15-16H2,1-5H3/q+1. The van der Waals surface area contributed by atoms with E-state index in [9.17, 15) is 0 Å². The summed E-state index contributed by atoms with van der Waals surface area (Å²) in [5.41, 5.74) is 2.71. The molecule has 1 saturated heterocycles. The predicted octanol–water partition coefficient (Wildman–Crippen LogP) is 4.19. The third-order valence-electron chi connectivity index (χ3n) is 7.50. The van der Waals surface area contributed by atoms with Crippen LogP contribution < -0.4 is 9.38 Å². The molecule has 0 amide bonds. The van der Waals surface area contributed by atoms with Crippen molar-refractivity contribution in [3.63, 3.8) is 0 Å². The lowest BCUT2D eigenvalue weighted by Crippen LogP contribution is -2.74. The molecule has 26 heavy (non-hydrogen) atoms. The molecular formula is C22H31BN3+. The average molecular weight is 348 g/mol. The number of likely N-dealkylation sites (N-methyl/N-ethyl adjacent to an activating group) is 1. The van der Waals surface area contributed by atoms with E-state index >= 15 is 0 Å². The number of hydrogen-bond acceptors (Lipinski definition) is 2. The van der Waals surface area contributed by atoms with Crippen LogP contribution in [-0.2, 0) is 5.54 Å². The number of benzene rings is 1. The largest absolute Gasteiger partial charge is 0.474 e. The zero-order valence-corrected chi connectivity index (χ0v) is 16.9. The van der Waals surface area contributed by atoms with Gasteiger partial charge in [0.1, 0.15) is 5.54 Å². The maximum Gasteiger partial charge on any atom is 0.474 e. The number of hydrogen-bond donors (Lipinski definition) is 0. The van der Waals surface area contributed by atoms with E-state index in [0.29, 0.717) is 6.98 Å². The zero-order chi connectivity index (χ0) is 18.5. The summed E-state index contributed by atoms with van der Waals surface area (Å²) in [5.74, 6) is 1.37. The number of pyridine rings is 1. The van der Waals surface area contributed by atoms with Gasteiger partial charge in [-0.25, -0.2) is 4.57 Å². The monoisotopic (exact) mass is 348 g/mol. The molecule has 2 atom stereocenters. The summed E-state index contributed by atoms with van der Waals surface area (Å²) < 4.78 is 2.57. The highest BCUT2D eigenvalue weighted by molar-refractivity contribution is 6.64. The molecule has 0 bridgehead atoms. The van der Waals surface area contributed by atoms with Gasteiger partial charge in [-0.05, 0) is 44.0 Å². The van der Waals surface area contributed by atoms with Crippen molar-refractivity contribution in [1.29, 1.82) is 0 Å². The smallest absolute Gasteiger partial charge is 0.308 e. The third-order valence-corrected chi connectivity index (χ3v) is 7.50. The van der Waals surface area contributed by atoms with Gasteiger partial charge in [0.2, 0.25) is 0 Å². The highest BCUT2D eigenvalue weighted by Gasteiger charge is 2.67. The minimum absolute atomic E-state index is 0.103. The Morgan fingerprint density at radius 1 is 1.00 bits per heavy atom. The van der Waals surface area contributed by atoms with Crippen LogP contribution in [0.4, 0.5) is 5.82 Å². The Bertz CT molecular complexity index is 808. The van der Waals surface area contributed by atoms with E-state index in [1.54, 1.807) is 0 Å². The molecule has 136 valence electrons. The minimum atomic E-state index is 0.103. The Morgan fingerprint density at radius 2 is 1.73 bits per heavy atom. The zero-order valence-electron chi connectivity index (χ0n) is 16.9. The Labute approximate surface area is 158 Å². The van der Waals surface area contributed by atoms with E-state index in [1.807, 2.05) is 0 Å². The molecule has 0 saturated carbocycles. The Balaban J connectivity index is 1.93. The van der Waals surface area contributed by atoms with Crippen LogP contribution in [0.1, 0.15) is 40.5 Å². The van der Waals surface area contributed by atoms with E-state index in [-0.39, 0.29) is 10.9 Å². The second-order valence-electron chi connectivity index (χ2n) is 8.46. The summed E-state index contributed by atoms with van der Waals surface area (Å²) in [6, 6.07) is 15.4. The number of aromatic nitrogens is 1. The molecule has 2 aromatic rings. The predicted molar refractivity (Wildman–Crippen MR) is 110 cm³/mol. The lowest BCUT2D eigenvalue weighted by atomic mass is 9.40. The highest BCUT2D eigenvalue weighted by atomic mass is 15.4. The number of nitrogens with zero attached hydrogens (tertiary/aromatic N) is 3. The quantitative estimate of drug-likeness (QED) is 0.608. The third kappa shape index (κ3) is 2.21. The molecule has 2 aliphatic heterocycles. The van der Waals surface area contributed by atoms with Gasteiger partial charge < -0.3 is 4.81 Å². The maximum atomic E-state index is 2.65. The summed E-state index contributed by atoms with van der Waals surface area (Å²) in [6.07, 6.45) is 4.65. The van der Waals surface area contributed by atoms with Crippen LogP contribution in [0.2, 0.25) is 5.31 Å². The van der Waals surface area contributed by atoms with Gasteiger partial charge in [-0.3, -0.25) is 4.81 Å². The molecule has 0 aliphatic carbocycles. The molecule has 1 aromatic heterocycles. The van der Waals surface area contributed by atoms with Gasteiger partial charge >= 0.3 is 6.98 Å². The molecule has 1 fully saturated rings. The van der Waals surface area contributed by atoms with E-state index in [1.165, 1.54) is 23.4 Å². The first kappa shape index (κ1) is 17.6. The number of rotatable bonds is 3. The normalized spacial score (nSPS) is 28.2. The van der Waals surface area contributed by atoms with Crippen molar-refractivity contribution < 1.29 is 4.57 Å². The van der Waals surface area contributed by atoms with Crippen LogP contribution in [0.5, 0.6) is 0 Å². The fourth-order valence-electron chi connectivity index (χ4n) is 5.45. The van der Waals surface area contributed by atoms with Crippen molar-refractivity contribution in [3.05, 3.63) is 48.7 Å². The first-order valence-electron chi connectivity index (χ1n) is 10.0. The van der Waals surface area contributed by atoms with Crippen molar-refractivity contribution in [2.45, 2.75) is 51.4 Å². The van der Waals surface area contributed by atoms with Crippen LogP contribution in [0.25, 0.3) is 11.1 Å². The molecule has 2 unspecified atom stereocenters. The van der Waals surface area contributed by atoms with Gasteiger partial charge in [-0.15, -0.1) is 0 Å². The second-order valence-corrected chi connectivity index (χ2v) is 8.46. The lowest BCUT2D eigenvalue weighted by Gasteiger charge is -2.51. The van der Waals surface area contributed by atoms with Crippen molar-refractivity contribution in [1.82, 2.24) is 4.81 Å². The van der Waals surface area contributed by atoms with Gasteiger partial charge in [0.05, 0.1) is 18.1 Å². The van der Waals surface area contributed by atoms with E-state index < -0.39 is 0 Å². The molecule has 4 heteroatoms. The first-order valence-corrected chi connectivity index (χ1v) is 10.0. The summed E-state index contributed by atoms with van der Waals surface area (Å²) in [7, 11) is 2.30. The minimum Gasteiger partial charge on any atom is -0.308 e. The van der Waals surface area contributed by atoms with Crippen molar-refractivity contribution in [2.24, 2.45) is 0 Å². The van der Waals surface area contributed by atoms with Gasteiger partial charge in [-0.1, -0.05) is 51.1 Å². The van der Waals surface area contributed by atoms with Crippen molar-refractivity contribution in [2.75, 3.05) is 24.9 Å². The molecule has 0 spiro atoms. The highest BCUT2D eigenvalue weighted by Crippen LogP contribution is 2.54. The van der Waals surface area contributed by atoms with Crippen molar-refractivity contribution >= 4 is 12.8 Å². The Morgan fingerprint density at radius 3 is 2.38 bits per heavy atom. The number of anilines is 1. The molecule has 2 aliphatic rings. The first-order chi connectivity index (χ1) is 12.5. The van der Waals surface area contributed by atoms with E-state index in [4.69, 9.17) is 0 Å². The summed E-state index contributed by atoms with van der Waals surface area (Å²) in [5, 5.41) is 0.207. The van der Waals surface area contributed by atoms with Gasteiger partial charge in [-0.2, -0.15) is 0 Å². The number of fused-ring (bicyclic) bond motifs is 3. The molecular weight excluding hydrogens is 317 g/mol. The SMILES string of the molecule is CCC1(C)B2N(C)CCN2c2cc(-c3ccccc3)cc[n+]2C1(C)CC. The molecule has 1 aromatic carbocycles. The van der Waals surface area contributed by atoms with Gasteiger partial charge in [0, 0.05) is 12.6 Å². The summed E-state index contributed by atoms with van der Waals surface area (Å²) >= 11 is 0. The van der Waals surface area contributed by atoms with Crippen LogP contribution in [-0.4, -0.2) is 31.9 Å². The Kier molecular flexibility index (Phi) is 4.15. The Hall–Kier alpha value is -1.81. The van der Waals surface area contributed by atoms with Crippen LogP contribution in [0.15, 0.2) is 48.7 Å². The fraction of sp³-hybridized carbons (Fsp3) is 0.500. The average Bonchev–Trinajstić information content (AvgIpc) is 3.08. The second kappa shape index (κ2) is 6.12. The molecule has 0 N–H and O–H groups in total. The van der Waals surface area contributed by atoms with E-state index in [2.05, 4.69) is 97.6 Å². The maximum absolute atomic E-state index is 2.65. The topological polar surface area (TPSA) is 10.4 Å². The fourth-order valence-corrected chi connectivity index (χ4v) is 5.45. The van der Waals surface area contributed by atoms with Crippen LogP contribution in [0.3, 0.4) is 0 Å². The van der Waals surface area contributed by atoms with Gasteiger partial charge in [0.25, 0.3) is 5.82 Å². The van der Waals surface area contributed by atoms with Crippen LogP contribution >= 0.6 is 0 Å². The van der Waals surface area contributed by atoms with Crippen molar-refractivity contribution in [3.8, 4) is 11.1 Å². The molecule has 3 nitrogen and oxygen atoms in total. The lowest BCUT2D eigenvalue weighted by molar-refractivity contribution is -0.759. The molecule has 3 heterocycles. The molecule has 0 radical (unpaired) electrons. The summed E-state index contributed by atoms with van der Waals surface area (Å²) in [4.78, 5) is 5.21. The summed E-state index contributed by atoms with van der Waals surface area (Å²) in [6.45, 7) is 12.4. The van der Waals surface area contributed by atoms with Crippen LogP contribution in [0, 0.1) is 0 Å². The van der Waals surface area contributed by atoms with Gasteiger partial charge in [0.15, 0.2) is 0 Å².